The van der Waals surface area contributed by atoms with Crippen molar-refractivity contribution in [2.45, 2.75) is 63.2 Å². The maximum Gasteiger partial charge on any atom is 0.325 e. The number of aromatic amines is 1. The van der Waals surface area contributed by atoms with Crippen LogP contribution in [0.15, 0.2) is 17.5 Å². The molecule has 4 unspecified atom stereocenters. The number of carboxylic acid groups (broad SMARTS) is 1. The highest BCUT2D eigenvalue weighted by Crippen LogP contribution is 2.20. The molecule has 1 saturated heterocycles. The number of hydrogen-bond donors (Lipinski definition) is 7. The van der Waals surface area contributed by atoms with Gasteiger partial charge in [-0.15, -0.1) is 0 Å². The SMILES string of the molecule is CC(NC(=O)C1CCCN1C(=O)C(CCCN=C(N)N)NC(=O)C(N)Cc1cnc[nH]1)C(=O)O. The van der Waals surface area contributed by atoms with Crippen molar-refractivity contribution < 1.29 is 24.3 Å². The van der Waals surface area contributed by atoms with Crippen molar-refractivity contribution in [1.82, 2.24) is 25.5 Å². The number of aliphatic carboxylic acids is 1. The molecule has 1 aromatic heterocycles. The number of nitrogens with zero attached hydrogens (tertiary/aromatic N) is 3. The second kappa shape index (κ2) is 12.5. The molecule has 188 valence electrons. The van der Waals surface area contributed by atoms with Gasteiger partial charge in [-0.25, -0.2) is 4.98 Å². The Bertz CT molecular complexity index is 885. The molecule has 0 aliphatic carbocycles. The smallest absolute Gasteiger partial charge is 0.325 e. The van der Waals surface area contributed by atoms with E-state index in [4.69, 9.17) is 22.3 Å². The van der Waals surface area contributed by atoms with Crippen LogP contribution in [0.3, 0.4) is 0 Å². The van der Waals surface area contributed by atoms with Gasteiger partial charge in [0, 0.05) is 31.4 Å². The number of aliphatic imine (C=N–C) groups is 1. The van der Waals surface area contributed by atoms with Crippen molar-refractivity contribution in [3.63, 3.8) is 0 Å². The highest BCUT2D eigenvalue weighted by Gasteiger charge is 2.38. The monoisotopic (exact) mass is 479 g/mol. The third-order valence-corrected chi connectivity index (χ3v) is 5.46. The van der Waals surface area contributed by atoms with E-state index in [1.807, 2.05) is 0 Å². The van der Waals surface area contributed by atoms with Crippen LogP contribution in [0.2, 0.25) is 0 Å². The summed E-state index contributed by atoms with van der Waals surface area (Å²) in [6.07, 6.45) is 4.79. The Hall–Kier alpha value is -3.68. The number of hydrogen-bond acceptors (Lipinski definition) is 7. The standard InChI is InChI=1S/C20H33N9O5/c1-11(19(33)34)27-17(31)15-5-3-7-29(15)18(32)14(4-2-6-25-20(22)23)28-16(30)13(21)8-12-9-24-10-26-12/h9-11,13-15H,2-8,21H2,1H3,(H,24,26)(H,27,31)(H,28,30)(H,33,34)(H4,22,23,25). The zero-order valence-corrected chi connectivity index (χ0v) is 19.1. The topological polar surface area (TPSA) is 235 Å². The summed E-state index contributed by atoms with van der Waals surface area (Å²) in [4.78, 5) is 61.8. The molecule has 2 rings (SSSR count). The zero-order valence-electron chi connectivity index (χ0n) is 19.1. The van der Waals surface area contributed by atoms with Crippen LogP contribution in [0, 0.1) is 0 Å². The number of H-pyrrole nitrogens is 1. The Balaban J connectivity index is 2.10. The van der Waals surface area contributed by atoms with Gasteiger partial charge in [-0.05, 0) is 32.6 Å². The number of guanidine groups is 1. The van der Waals surface area contributed by atoms with E-state index in [1.165, 1.54) is 18.2 Å². The molecule has 2 heterocycles. The third kappa shape index (κ3) is 7.72. The largest absolute Gasteiger partial charge is 0.480 e. The summed E-state index contributed by atoms with van der Waals surface area (Å²) in [5, 5.41) is 14.1. The molecule has 10 N–H and O–H groups in total. The number of carboxylic acids is 1. The van der Waals surface area contributed by atoms with Crippen molar-refractivity contribution in [3.05, 3.63) is 18.2 Å². The fourth-order valence-corrected chi connectivity index (χ4v) is 3.64. The van der Waals surface area contributed by atoms with Crippen LogP contribution >= 0.6 is 0 Å². The number of nitrogens with one attached hydrogen (secondary N) is 3. The minimum Gasteiger partial charge on any atom is -0.480 e. The molecular weight excluding hydrogens is 446 g/mol. The maximum absolute atomic E-state index is 13.4. The number of amides is 3. The summed E-state index contributed by atoms with van der Waals surface area (Å²) in [5.41, 5.74) is 17.3. The lowest BCUT2D eigenvalue weighted by molar-refractivity contribution is -0.144. The van der Waals surface area contributed by atoms with E-state index >= 15 is 0 Å². The number of likely N-dealkylation sites (tertiary alicyclic amines) is 1. The predicted molar refractivity (Wildman–Crippen MR) is 122 cm³/mol. The molecule has 14 nitrogen and oxygen atoms in total. The lowest BCUT2D eigenvalue weighted by Gasteiger charge is -2.29. The molecule has 4 atom stereocenters. The predicted octanol–water partition coefficient (Wildman–Crippen LogP) is -2.60. The molecule has 0 bridgehead atoms. The van der Waals surface area contributed by atoms with Crippen LogP contribution in [-0.4, -0.2) is 86.9 Å². The number of nitrogens with two attached hydrogens (primary N) is 3. The third-order valence-electron chi connectivity index (χ3n) is 5.46. The van der Waals surface area contributed by atoms with E-state index < -0.39 is 47.9 Å². The van der Waals surface area contributed by atoms with Gasteiger partial charge in [0.25, 0.3) is 0 Å². The van der Waals surface area contributed by atoms with Crippen LogP contribution in [-0.2, 0) is 25.6 Å². The summed E-state index contributed by atoms with van der Waals surface area (Å²) in [5.74, 6) is -2.80. The summed E-state index contributed by atoms with van der Waals surface area (Å²) < 4.78 is 0. The van der Waals surface area contributed by atoms with Crippen LogP contribution < -0.4 is 27.8 Å². The number of aromatic nitrogens is 2. The first-order chi connectivity index (χ1) is 16.1. The highest BCUT2D eigenvalue weighted by atomic mass is 16.4. The number of carbonyl (C=O) groups is 4. The first-order valence-electron chi connectivity index (χ1n) is 11.0. The Labute approximate surface area is 196 Å². The van der Waals surface area contributed by atoms with Crippen LogP contribution in [0.5, 0.6) is 0 Å². The summed E-state index contributed by atoms with van der Waals surface area (Å²) >= 11 is 0. The quantitative estimate of drug-likeness (QED) is 0.0943. The lowest BCUT2D eigenvalue weighted by atomic mass is 10.1. The van der Waals surface area contributed by atoms with Gasteiger partial charge in [-0.2, -0.15) is 0 Å². The van der Waals surface area contributed by atoms with Crippen molar-refractivity contribution in [1.29, 1.82) is 0 Å². The highest BCUT2D eigenvalue weighted by molar-refractivity contribution is 5.94. The fraction of sp³-hybridized carbons (Fsp3) is 0.600. The molecule has 1 aromatic rings. The Morgan fingerprint density at radius 2 is 2.06 bits per heavy atom. The molecule has 0 radical (unpaired) electrons. The molecule has 0 spiro atoms. The van der Waals surface area contributed by atoms with Gasteiger partial charge >= 0.3 is 5.97 Å². The van der Waals surface area contributed by atoms with Gasteiger partial charge in [-0.1, -0.05) is 0 Å². The van der Waals surface area contributed by atoms with Gasteiger partial charge in [0.2, 0.25) is 17.7 Å². The zero-order chi connectivity index (χ0) is 25.3. The minimum absolute atomic E-state index is 0.0858. The van der Waals surface area contributed by atoms with Crippen LogP contribution in [0.4, 0.5) is 0 Å². The average molecular weight is 480 g/mol. The second-order valence-corrected chi connectivity index (χ2v) is 8.16. The molecule has 14 heteroatoms. The second-order valence-electron chi connectivity index (χ2n) is 8.16. The lowest BCUT2D eigenvalue weighted by Crippen LogP contribution is -2.56. The van der Waals surface area contributed by atoms with Crippen LogP contribution in [0.25, 0.3) is 0 Å². The van der Waals surface area contributed by atoms with E-state index in [-0.39, 0.29) is 25.3 Å². The van der Waals surface area contributed by atoms with Gasteiger partial charge in [0.1, 0.15) is 18.1 Å². The Morgan fingerprint density at radius 3 is 2.68 bits per heavy atom. The van der Waals surface area contributed by atoms with Gasteiger partial charge in [0.05, 0.1) is 12.4 Å². The molecule has 1 fully saturated rings. The van der Waals surface area contributed by atoms with E-state index in [1.54, 1.807) is 6.20 Å². The number of carbonyl (C=O) groups excluding carboxylic acids is 3. The molecular formula is C20H33N9O5. The van der Waals surface area contributed by atoms with Crippen molar-refractivity contribution >= 4 is 29.7 Å². The summed E-state index contributed by atoms with van der Waals surface area (Å²) in [7, 11) is 0. The van der Waals surface area contributed by atoms with Crippen molar-refractivity contribution in [2.75, 3.05) is 13.1 Å². The van der Waals surface area contributed by atoms with Gasteiger partial charge < -0.3 is 42.8 Å². The molecule has 1 aliphatic rings. The Morgan fingerprint density at radius 1 is 1.32 bits per heavy atom. The minimum atomic E-state index is -1.18. The average Bonchev–Trinajstić information content (AvgIpc) is 3.46. The maximum atomic E-state index is 13.4. The molecule has 1 aliphatic heterocycles. The van der Waals surface area contributed by atoms with E-state index in [0.29, 0.717) is 31.5 Å². The summed E-state index contributed by atoms with van der Waals surface area (Å²) in [6.45, 7) is 1.90. The Kier molecular flexibility index (Phi) is 9.79. The van der Waals surface area contributed by atoms with Crippen molar-refractivity contribution in [2.24, 2.45) is 22.2 Å². The molecule has 34 heavy (non-hydrogen) atoms. The van der Waals surface area contributed by atoms with Gasteiger partial charge in [0.15, 0.2) is 5.96 Å². The van der Waals surface area contributed by atoms with Crippen molar-refractivity contribution in [3.8, 4) is 0 Å². The summed E-state index contributed by atoms with van der Waals surface area (Å²) in [6, 6.07) is -3.81. The first kappa shape index (κ1) is 26.6. The molecule has 3 amide bonds. The molecule has 0 saturated carbocycles. The van der Waals surface area contributed by atoms with E-state index in [9.17, 15) is 19.2 Å². The molecule has 0 aromatic carbocycles. The first-order valence-corrected chi connectivity index (χ1v) is 11.0. The van der Waals surface area contributed by atoms with Crippen LogP contribution in [0.1, 0.15) is 38.3 Å². The van der Waals surface area contributed by atoms with E-state index in [0.717, 1.165) is 0 Å². The normalized spacial score (nSPS) is 17.9. The fourth-order valence-electron chi connectivity index (χ4n) is 3.64. The number of imidazole rings is 1. The van der Waals surface area contributed by atoms with E-state index in [2.05, 4.69) is 25.6 Å². The van der Waals surface area contributed by atoms with Gasteiger partial charge in [-0.3, -0.25) is 24.2 Å². The number of rotatable bonds is 12.